The Morgan fingerprint density at radius 1 is 1.18 bits per heavy atom. The molecular formula is C18H22N2O2. The van der Waals surface area contributed by atoms with Crippen LogP contribution in [0.4, 0.5) is 0 Å². The van der Waals surface area contributed by atoms with Crippen LogP contribution in [-0.2, 0) is 11.2 Å². The summed E-state index contributed by atoms with van der Waals surface area (Å²) in [4.78, 5) is 16.1. The van der Waals surface area contributed by atoms with E-state index in [9.17, 15) is 9.90 Å². The summed E-state index contributed by atoms with van der Waals surface area (Å²) in [5.74, 6) is -0.0154. The molecule has 0 saturated carbocycles. The van der Waals surface area contributed by atoms with Crippen molar-refractivity contribution in [3.63, 3.8) is 0 Å². The number of nitrogens with zero attached hydrogens (tertiary/aromatic N) is 1. The molecule has 0 aliphatic heterocycles. The first-order valence-corrected chi connectivity index (χ1v) is 7.57. The summed E-state index contributed by atoms with van der Waals surface area (Å²) in [6.07, 6.45) is 2.70. The highest BCUT2D eigenvalue weighted by Gasteiger charge is 2.14. The summed E-state index contributed by atoms with van der Waals surface area (Å²) in [6.45, 7) is 1.91. The third kappa shape index (κ3) is 5.30. The van der Waals surface area contributed by atoms with Crippen LogP contribution >= 0.6 is 0 Å². The fourth-order valence-corrected chi connectivity index (χ4v) is 2.34. The van der Waals surface area contributed by atoms with Gasteiger partial charge in [0, 0.05) is 24.4 Å². The van der Waals surface area contributed by atoms with Crippen LogP contribution in [0.25, 0.3) is 0 Å². The number of pyridine rings is 1. The van der Waals surface area contributed by atoms with E-state index < -0.39 is 6.10 Å². The van der Waals surface area contributed by atoms with Gasteiger partial charge in [0.25, 0.3) is 0 Å². The van der Waals surface area contributed by atoms with Crippen molar-refractivity contribution in [2.75, 3.05) is 0 Å². The van der Waals surface area contributed by atoms with Crippen molar-refractivity contribution in [2.45, 2.75) is 38.3 Å². The number of aromatic nitrogens is 1. The maximum Gasteiger partial charge on any atom is 0.220 e. The largest absolute Gasteiger partial charge is 0.388 e. The number of benzene rings is 1. The van der Waals surface area contributed by atoms with Crippen LogP contribution in [0.5, 0.6) is 0 Å². The molecule has 0 bridgehead atoms. The highest BCUT2D eigenvalue weighted by atomic mass is 16.3. The Morgan fingerprint density at radius 2 is 1.91 bits per heavy atom. The van der Waals surface area contributed by atoms with Gasteiger partial charge in [-0.3, -0.25) is 9.78 Å². The number of rotatable bonds is 7. The molecule has 4 heteroatoms. The number of amides is 1. The maximum atomic E-state index is 11.9. The average Bonchev–Trinajstić information content (AvgIpc) is 2.54. The third-order valence-corrected chi connectivity index (χ3v) is 3.50. The summed E-state index contributed by atoms with van der Waals surface area (Å²) >= 11 is 0. The van der Waals surface area contributed by atoms with Crippen molar-refractivity contribution in [3.8, 4) is 0 Å². The Morgan fingerprint density at radius 3 is 2.59 bits per heavy atom. The molecule has 22 heavy (non-hydrogen) atoms. The van der Waals surface area contributed by atoms with E-state index in [0.717, 1.165) is 11.3 Å². The predicted molar refractivity (Wildman–Crippen MR) is 86.2 cm³/mol. The minimum atomic E-state index is -0.563. The van der Waals surface area contributed by atoms with Crippen LogP contribution in [0.15, 0.2) is 54.7 Å². The fraction of sp³-hybridized carbons (Fsp3) is 0.333. The van der Waals surface area contributed by atoms with E-state index in [0.29, 0.717) is 19.3 Å². The predicted octanol–water partition coefficient (Wildman–Crippen LogP) is 2.64. The molecule has 0 radical (unpaired) electrons. The van der Waals surface area contributed by atoms with Crippen molar-refractivity contribution in [2.24, 2.45) is 0 Å². The Balaban J connectivity index is 1.74. The summed E-state index contributed by atoms with van der Waals surface area (Å²) < 4.78 is 0. The molecule has 2 atom stereocenters. The first kappa shape index (κ1) is 16.2. The van der Waals surface area contributed by atoms with E-state index >= 15 is 0 Å². The molecule has 0 unspecified atom stereocenters. The maximum absolute atomic E-state index is 11.9. The lowest BCUT2D eigenvalue weighted by Crippen LogP contribution is -2.33. The van der Waals surface area contributed by atoms with Gasteiger partial charge in [0.15, 0.2) is 0 Å². The van der Waals surface area contributed by atoms with E-state index in [-0.39, 0.29) is 11.9 Å². The monoisotopic (exact) mass is 298 g/mol. The Hall–Kier alpha value is -2.20. The van der Waals surface area contributed by atoms with Crippen molar-refractivity contribution in [3.05, 3.63) is 66.0 Å². The minimum absolute atomic E-state index is 0.0154. The first-order chi connectivity index (χ1) is 10.6. The van der Waals surface area contributed by atoms with E-state index in [4.69, 9.17) is 0 Å². The van der Waals surface area contributed by atoms with Crippen molar-refractivity contribution in [1.82, 2.24) is 10.3 Å². The van der Waals surface area contributed by atoms with Gasteiger partial charge in [-0.25, -0.2) is 0 Å². The molecule has 0 aliphatic rings. The zero-order valence-electron chi connectivity index (χ0n) is 12.8. The number of aryl methyl sites for hydroxylation is 1. The smallest absolute Gasteiger partial charge is 0.220 e. The van der Waals surface area contributed by atoms with Gasteiger partial charge < -0.3 is 10.4 Å². The van der Waals surface area contributed by atoms with Crippen molar-refractivity contribution >= 4 is 5.91 Å². The zero-order valence-corrected chi connectivity index (χ0v) is 12.8. The van der Waals surface area contributed by atoms with Gasteiger partial charge in [0.1, 0.15) is 0 Å². The molecule has 2 N–H and O–H groups in total. The summed E-state index contributed by atoms with van der Waals surface area (Å²) in [5, 5.41) is 13.1. The van der Waals surface area contributed by atoms with Crippen LogP contribution < -0.4 is 5.32 Å². The van der Waals surface area contributed by atoms with Crippen LogP contribution in [0.1, 0.15) is 37.1 Å². The van der Waals surface area contributed by atoms with Crippen molar-refractivity contribution < 1.29 is 9.90 Å². The first-order valence-electron chi connectivity index (χ1n) is 7.57. The second-order valence-electron chi connectivity index (χ2n) is 5.45. The fourth-order valence-electron chi connectivity index (χ4n) is 2.34. The van der Waals surface area contributed by atoms with E-state index in [1.807, 2.05) is 55.5 Å². The normalized spacial score (nSPS) is 13.4. The van der Waals surface area contributed by atoms with Gasteiger partial charge in [0.2, 0.25) is 5.91 Å². The van der Waals surface area contributed by atoms with Crippen LogP contribution in [-0.4, -0.2) is 22.0 Å². The lowest BCUT2D eigenvalue weighted by molar-refractivity contribution is -0.121. The SMILES string of the molecule is C[C@H](C[C@H](O)c1ccccc1)NC(=O)CCc1ccccn1. The molecule has 116 valence electrons. The second kappa shape index (κ2) is 8.29. The number of hydrogen-bond donors (Lipinski definition) is 2. The van der Waals surface area contributed by atoms with Crippen LogP contribution in [0, 0.1) is 0 Å². The highest BCUT2D eigenvalue weighted by molar-refractivity contribution is 5.76. The van der Waals surface area contributed by atoms with E-state index in [1.165, 1.54) is 0 Å². The molecule has 1 amide bonds. The second-order valence-corrected chi connectivity index (χ2v) is 5.45. The van der Waals surface area contributed by atoms with Gasteiger partial charge in [-0.1, -0.05) is 36.4 Å². The van der Waals surface area contributed by atoms with Gasteiger partial charge in [-0.15, -0.1) is 0 Å². The average molecular weight is 298 g/mol. The molecule has 2 aromatic rings. The molecule has 2 rings (SSSR count). The summed E-state index contributed by atoms with van der Waals surface area (Å²) in [6, 6.07) is 15.1. The van der Waals surface area contributed by atoms with Crippen LogP contribution in [0.2, 0.25) is 0 Å². The number of carbonyl (C=O) groups is 1. The van der Waals surface area contributed by atoms with Crippen LogP contribution in [0.3, 0.4) is 0 Å². The highest BCUT2D eigenvalue weighted by Crippen LogP contribution is 2.17. The zero-order chi connectivity index (χ0) is 15.8. The van der Waals surface area contributed by atoms with E-state index in [2.05, 4.69) is 10.3 Å². The number of aliphatic hydroxyl groups excluding tert-OH is 1. The van der Waals surface area contributed by atoms with Crippen molar-refractivity contribution in [1.29, 1.82) is 0 Å². The molecule has 1 aromatic carbocycles. The number of aliphatic hydroxyl groups is 1. The lowest BCUT2D eigenvalue weighted by Gasteiger charge is -2.18. The molecule has 1 heterocycles. The molecule has 0 aliphatic carbocycles. The topological polar surface area (TPSA) is 62.2 Å². The van der Waals surface area contributed by atoms with Gasteiger partial charge >= 0.3 is 0 Å². The molecule has 1 aromatic heterocycles. The number of hydrogen-bond acceptors (Lipinski definition) is 3. The number of carbonyl (C=O) groups excluding carboxylic acids is 1. The summed E-state index contributed by atoms with van der Waals surface area (Å²) in [7, 11) is 0. The molecule has 0 fully saturated rings. The minimum Gasteiger partial charge on any atom is -0.388 e. The molecule has 4 nitrogen and oxygen atoms in total. The standard InChI is InChI=1S/C18H22N2O2/c1-14(13-17(21)15-7-3-2-4-8-15)20-18(22)11-10-16-9-5-6-12-19-16/h2-9,12,14,17,21H,10-11,13H2,1H3,(H,20,22)/t14-,17+/m1/s1. The Labute approximate surface area is 131 Å². The molecule has 0 spiro atoms. The summed E-state index contributed by atoms with van der Waals surface area (Å²) in [5.41, 5.74) is 1.78. The Bertz CT molecular complexity index is 572. The molecular weight excluding hydrogens is 276 g/mol. The lowest BCUT2D eigenvalue weighted by atomic mass is 10.0. The van der Waals surface area contributed by atoms with Gasteiger partial charge in [-0.05, 0) is 37.5 Å². The quantitative estimate of drug-likeness (QED) is 0.826. The number of nitrogens with one attached hydrogen (secondary N) is 1. The van der Waals surface area contributed by atoms with Gasteiger partial charge in [-0.2, -0.15) is 0 Å². The molecule has 0 saturated heterocycles. The van der Waals surface area contributed by atoms with Gasteiger partial charge in [0.05, 0.1) is 6.10 Å². The van der Waals surface area contributed by atoms with E-state index in [1.54, 1.807) is 6.20 Å². The third-order valence-electron chi connectivity index (χ3n) is 3.50. The Kier molecular flexibility index (Phi) is 6.10.